The lowest BCUT2D eigenvalue weighted by Crippen LogP contribution is -2.56. The Balaban J connectivity index is 2.35. The molecule has 136 valence electrons. The summed E-state index contributed by atoms with van der Waals surface area (Å²) >= 11 is 0. The number of fused-ring (bicyclic) bond motifs is 1. The first-order chi connectivity index (χ1) is 11.0. The average Bonchev–Trinajstić information content (AvgIpc) is 2.45. The van der Waals surface area contributed by atoms with E-state index in [4.69, 9.17) is 0 Å². The van der Waals surface area contributed by atoms with Crippen LogP contribution in [0.5, 0.6) is 0 Å². The molecule has 2 aliphatic carbocycles. The molecule has 3 N–H and O–H groups in total. The van der Waals surface area contributed by atoms with Crippen LogP contribution in [0.1, 0.15) is 59.3 Å². The molecule has 0 heterocycles. The molecule has 0 aliphatic heterocycles. The molecule has 0 aromatic carbocycles. The number of hydrogen-bond donors (Lipinski definition) is 3. The predicted molar refractivity (Wildman–Crippen MR) is 94.5 cm³/mol. The van der Waals surface area contributed by atoms with E-state index in [1.807, 2.05) is 0 Å². The summed E-state index contributed by atoms with van der Waals surface area (Å²) in [5.74, 6) is -0.701. The first kappa shape index (κ1) is 19.2. The second kappa shape index (κ2) is 6.30. The normalized spacial score (nSPS) is 42.0. The summed E-state index contributed by atoms with van der Waals surface area (Å²) < 4.78 is 0. The summed E-state index contributed by atoms with van der Waals surface area (Å²) in [5, 5.41) is 30.5. The van der Waals surface area contributed by atoms with Crippen molar-refractivity contribution in [1.82, 2.24) is 0 Å². The van der Waals surface area contributed by atoms with E-state index in [2.05, 4.69) is 20.1 Å². The monoisotopic (exact) mass is 336 g/mol. The van der Waals surface area contributed by atoms with Gasteiger partial charge in [-0.1, -0.05) is 25.2 Å². The molecule has 2 fully saturated rings. The van der Waals surface area contributed by atoms with Gasteiger partial charge in [0.15, 0.2) is 0 Å². The molecule has 0 saturated heterocycles. The lowest BCUT2D eigenvalue weighted by atomic mass is 9.46. The summed E-state index contributed by atoms with van der Waals surface area (Å²) in [6.45, 7) is 13.6. The molecule has 6 atom stereocenters. The predicted octanol–water partition coefficient (Wildman–Crippen LogP) is 3.54. The summed E-state index contributed by atoms with van der Waals surface area (Å²) in [6.07, 6.45) is 4.76. The quantitative estimate of drug-likeness (QED) is 0.671. The highest BCUT2D eigenvalue weighted by Crippen LogP contribution is 2.62. The smallest absolute Gasteiger partial charge is 0.309 e. The topological polar surface area (TPSA) is 77.8 Å². The van der Waals surface area contributed by atoms with E-state index in [0.717, 1.165) is 24.8 Å². The number of aliphatic hydroxyl groups is 2. The van der Waals surface area contributed by atoms with Crippen LogP contribution in [0.15, 0.2) is 24.8 Å². The van der Waals surface area contributed by atoms with E-state index >= 15 is 0 Å². The Morgan fingerprint density at radius 1 is 1.42 bits per heavy atom. The number of hydrogen-bond acceptors (Lipinski definition) is 3. The lowest BCUT2D eigenvalue weighted by molar-refractivity contribution is -0.173. The molecule has 4 heteroatoms. The van der Waals surface area contributed by atoms with Gasteiger partial charge in [0.05, 0.1) is 17.1 Å². The van der Waals surface area contributed by atoms with Crippen molar-refractivity contribution in [1.29, 1.82) is 0 Å². The van der Waals surface area contributed by atoms with Gasteiger partial charge in [0.2, 0.25) is 0 Å². The Labute approximate surface area is 145 Å². The van der Waals surface area contributed by atoms with Gasteiger partial charge in [-0.25, -0.2) is 0 Å². The molecular weight excluding hydrogens is 304 g/mol. The number of carbonyl (C=O) groups is 1. The van der Waals surface area contributed by atoms with E-state index in [-0.39, 0.29) is 17.3 Å². The van der Waals surface area contributed by atoms with Crippen molar-refractivity contribution in [2.24, 2.45) is 22.7 Å². The molecule has 2 rings (SSSR count). The van der Waals surface area contributed by atoms with E-state index in [1.54, 1.807) is 19.9 Å². The van der Waals surface area contributed by atoms with Crippen LogP contribution in [0.4, 0.5) is 0 Å². The lowest BCUT2D eigenvalue weighted by Gasteiger charge is -2.58. The maximum absolute atomic E-state index is 12.0. The minimum Gasteiger partial charge on any atom is -0.481 e. The number of carboxylic acid groups (broad SMARTS) is 1. The third-order valence-electron chi connectivity index (χ3n) is 6.81. The van der Waals surface area contributed by atoms with Crippen molar-refractivity contribution in [2.45, 2.75) is 71.0 Å². The van der Waals surface area contributed by atoms with Crippen molar-refractivity contribution in [3.8, 4) is 0 Å². The Morgan fingerprint density at radius 2 is 2.04 bits per heavy atom. The summed E-state index contributed by atoms with van der Waals surface area (Å²) in [6, 6.07) is 0. The SMILES string of the molecule is C=CC(C)(O)CC[C@H]1C(=C)CC[C@@H]2[C@]1(C)C[C@@H](O)C[C@]2(C)C(=O)O. The fourth-order valence-electron chi connectivity index (χ4n) is 5.39. The minimum atomic E-state index is -0.938. The molecule has 2 aliphatic rings. The van der Waals surface area contributed by atoms with Gasteiger partial charge in [-0.05, 0) is 69.6 Å². The van der Waals surface area contributed by atoms with Crippen molar-refractivity contribution in [2.75, 3.05) is 0 Å². The first-order valence-electron chi connectivity index (χ1n) is 8.91. The zero-order valence-electron chi connectivity index (χ0n) is 15.2. The van der Waals surface area contributed by atoms with E-state index < -0.39 is 23.1 Å². The number of rotatable bonds is 5. The van der Waals surface area contributed by atoms with Gasteiger partial charge in [0.1, 0.15) is 0 Å². The standard InChI is InChI=1S/C20H32O4/c1-6-18(3,24)10-9-15-13(2)7-8-16-19(15,4)11-14(21)12-20(16,5)17(22)23/h6,14-16,21,24H,1-2,7-12H2,3-5H3,(H,22,23)/t14-,15+,16-,18?,19-,20+/m1/s1. The fourth-order valence-corrected chi connectivity index (χ4v) is 5.39. The van der Waals surface area contributed by atoms with E-state index in [1.165, 1.54) is 0 Å². The van der Waals surface area contributed by atoms with Gasteiger partial charge in [-0.15, -0.1) is 6.58 Å². The molecule has 0 amide bonds. The zero-order valence-corrected chi connectivity index (χ0v) is 15.2. The highest BCUT2D eigenvalue weighted by Gasteiger charge is 2.59. The second-order valence-corrected chi connectivity index (χ2v) is 8.69. The van der Waals surface area contributed by atoms with Crippen molar-refractivity contribution >= 4 is 5.97 Å². The highest BCUT2D eigenvalue weighted by molar-refractivity contribution is 5.75. The largest absolute Gasteiger partial charge is 0.481 e. The second-order valence-electron chi connectivity index (χ2n) is 8.69. The van der Waals surface area contributed by atoms with E-state index in [0.29, 0.717) is 19.3 Å². The molecule has 0 spiro atoms. The maximum Gasteiger partial charge on any atom is 0.309 e. The minimum absolute atomic E-state index is 0.00933. The van der Waals surface area contributed by atoms with Crippen LogP contribution < -0.4 is 0 Å². The molecule has 4 nitrogen and oxygen atoms in total. The Kier molecular flexibility index (Phi) is 5.04. The number of allylic oxidation sites excluding steroid dienone is 1. The molecular formula is C20H32O4. The van der Waals surface area contributed by atoms with Crippen LogP contribution in [-0.4, -0.2) is 33.0 Å². The zero-order chi connectivity index (χ0) is 18.3. The number of aliphatic hydroxyl groups excluding tert-OH is 1. The van der Waals surface area contributed by atoms with Gasteiger partial charge >= 0.3 is 5.97 Å². The van der Waals surface area contributed by atoms with Crippen LogP contribution in [0.2, 0.25) is 0 Å². The van der Waals surface area contributed by atoms with Crippen LogP contribution in [0.3, 0.4) is 0 Å². The van der Waals surface area contributed by atoms with Crippen LogP contribution in [0.25, 0.3) is 0 Å². The average molecular weight is 336 g/mol. The molecule has 0 aromatic heterocycles. The Morgan fingerprint density at radius 3 is 2.58 bits per heavy atom. The van der Waals surface area contributed by atoms with Gasteiger partial charge in [0, 0.05) is 0 Å². The molecule has 2 saturated carbocycles. The maximum atomic E-state index is 12.0. The van der Waals surface area contributed by atoms with Crippen molar-refractivity contribution < 1.29 is 20.1 Å². The van der Waals surface area contributed by atoms with Crippen molar-refractivity contribution in [3.05, 3.63) is 24.8 Å². The van der Waals surface area contributed by atoms with Crippen molar-refractivity contribution in [3.63, 3.8) is 0 Å². The Bertz CT molecular complexity index is 538. The highest BCUT2D eigenvalue weighted by atomic mass is 16.4. The third-order valence-corrected chi connectivity index (χ3v) is 6.81. The number of aliphatic carboxylic acids is 1. The van der Waals surface area contributed by atoms with Crippen LogP contribution in [0, 0.1) is 22.7 Å². The first-order valence-corrected chi connectivity index (χ1v) is 8.91. The molecule has 0 radical (unpaired) electrons. The molecule has 24 heavy (non-hydrogen) atoms. The Hall–Kier alpha value is -1.13. The van der Waals surface area contributed by atoms with Gasteiger partial charge in [0.25, 0.3) is 0 Å². The van der Waals surface area contributed by atoms with Crippen LogP contribution >= 0.6 is 0 Å². The third kappa shape index (κ3) is 3.18. The summed E-state index contributed by atoms with van der Waals surface area (Å²) in [7, 11) is 0. The number of carboxylic acids is 1. The molecule has 0 bridgehead atoms. The fraction of sp³-hybridized carbons (Fsp3) is 0.750. The van der Waals surface area contributed by atoms with Gasteiger partial charge in [-0.3, -0.25) is 4.79 Å². The van der Waals surface area contributed by atoms with Gasteiger partial charge in [-0.2, -0.15) is 0 Å². The molecule has 1 unspecified atom stereocenters. The van der Waals surface area contributed by atoms with Gasteiger partial charge < -0.3 is 15.3 Å². The summed E-state index contributed by atoms with van der Waals surface area (Å²) in [5.41, 5.74) is -1.04. The van der Waals surface area contributed by atoms with Crippen LogP contribution in [-0.2, 0) is 4.79 Å². The van der Waals surface area contributed by atoms with E-state index in [9.17, 15) is 20.1 Å². The summed E-state index contributed by atoms with van der Waals surface area (Å²) in [4.78, 5) is 12.0. The molecule has 0 aromatic rings.